The Balaban J connectivity index is 2.58. The molecular weight excluding hydrogens is 191 g/mol. The first-order valence-electron chi connectivity index (χ1n) is 6.23. The summed E-state index contributed by atoms with van der Waals surface area (Å²) >= 11 is 0. The lowest BCUT2D eigenvalue weighted by Gasteiger charge is -2.27. The molecule has 0 aromatic rings. The van der Waals surface area contributed by atoms with Crippen molar-refractivity contribution >= 4 is 5.78 Å². The van der Waals surface area contributed by atoms with Crippen molar-refractivity contribution in [3.63, 3.8) is 0 Å². The van der Waals surface area contributed by atoms with E-state index in [1.807, 2.05) is 6.92 Å². The lowest BCUT2D eigenvalue weighted by atomic mass is 9.75. The van der Waals surface area contributed by atoms with Crippen LogP contribution in [0.25, 0.3) is 0 Å². The Morgan fingerprint density at radius 1 is 1.33 bits per heavy atom. The van der Waals surface area contributed by atoms with Gasteiger partial charge in [-0.2, -0.15) is 0 Å². The molecule has 0 aliphatic heterocycles. The smallest absolute Gasteiger partial charge is 0.144 e. The third-order valence-corrected chi connectivity index (χ3v) is 3.53. The van der Waals surface area contributed by atoms with Gasteiger partial charge < -0.3 is 0 Å². The molecule has 0 bridgehead atoms. The summed E-state index contributed by atoms with van der Waals surface area (Å²) in [5, 5.41) is 0. The molecule has 0 heterocycles. The third kappa shape index (κ3) is 3.02. The maximum atomic E-state index is 12.9. The summed E-state index contributed by atoms with van der Waals surface area (Å²) in [5.74, 6) is -0.0799. The van der Waals surface area contributed by atoms with Crippen molar-refractivity contribution in [2.45, 2.75) is 65.5 Å². The van der Waals surface area contributed by atoms with E-state index in [1.54, 1.807) is 0 Å². The van der Waals surface area contributed by atoms with Crippen LogP contribution < -0.4 is 0 Å². The molecule has 1 fully saturated rings. The molecule has 0 N–H and O–H groups in total. The van der Waals surface area contributed by atoms with Gasteiger partial charge in [0.15, 0.2) is 0 Å². The van der Waals surface area contributed by atoms with E-state index in [4.69, 9.17) is 0 Å². The van der Waals surface area contributed by atoms with Crippen LogP contribution in [0.2, 0.25) is 0 Å². The summed E-state index contributed by atoms with van der Waals surface area (Å²) in [6.07, 6.45) is 4.67. The minimum absolute atomic E-state index is 0.185. The summed E-state index contributed by atoms with van der Waals surface area (Å²) in [4.78, 5) is 12.1. The Morgan fingerprint density at radius 3 is 2.33 bits per heavy atom. The number of carbonyl (C=O) groups excluding carboxylic acids is 1. The van der Waals surface area contributed by atoms with Gasteiger partial charge in [0.2, 0.25) is 0 Å². The van der Waals surface area contributed by atoms with Gasteiger partial charge in [-0.15, -0.1) is 0 Å². The van der Waals surface area contributed by atoms with Crippen molar-refractivity contribution in [3.05, 3.63) is 0 Å². The molecule has 0 radical (unpaired) electrons. The Labute approximate surface area is 92.4 Å². The molecule has 1 rings (SSSR count). The average Bonchev–Trinajstić information content (AvgIpc) is 2.92. The van der Waals surface area contributed by atoms with Crippen LogP contribution in [0.1, 0.15) is 59.3 Å². The molecule has 1 unspecified atom stereocenters. The largest absolute Gasteiger partial charge is 0.299 e. The fourth-order valence-corrected chi connectivity index (χ4v) is 2.37. The minimum atomic E-state index is -0.838. The van der Waals surface area contributed by atoms with E-state index in [-0.39, 0.29) is 17.1 Å². The quantitative estimate of drug-likeness (QED) is 0.628. The highest BCUT2D eigenvalue weighted by molar-refractivity contribution is 5.89. The van der Waals surface area contributed by atoms with Crippen LogP contribution in [-0.2, 0) is 4.79 Å². The monoisotopic (exact) mass is 214 g/mol. The number of hydrogen-bond donors (Lipinski definition) is 0. The summed E-state index contributed by atoms with van der Waals surface area (Å²) in [7, 11) is 0. The van der Waals surface area contributed by atoms with Crippen molar-refractivity contribution in [1.29, 1.82) is 0 Å². The average molecular weight is 214 g/mol. The first kappa shape index (κ1) is 12.7. The standard InChI is InChI=1S/C13H23FO/c1-4-6-8-13(3,7-5-2)12(15)10-9-11(10)14/h10-11H,4-9H2,1-3H3/t10-,11-,13?/m1/s1. The number of halogens is 1. The molecule has 88 valence electrons. The minimum Gasteiger partial charge on any atom is -0.299 e. The van der Waals surface area contributed by atoms with Crippen molar-refractivity contribution in [2.24, 2.45) is 11.3 Å². The van der Waals surface area contributed by atoms with Crippen LogP contribution in [0.5, 0.6) is 0 Å². The highest BCUT2D eigenvalue weighted by Crippen LogP contribution is 2.43. The molecule has 1 aliphatic rings. The van der Waals surface area contributed by atoms with E-state index in [0.717, 1.165) is 32.1 Å². The molecule has 1 nitrogen and oxygen atoms in total. The number of Topliss-reactive ketones (excluding diaryl/α,β-unsaturated/α-hetero) is 1. The number of alkyl halides is 1. The zero-order chi connectivity index (χ0) is 11.5. The summed E-state index contributed by atoms with van der Waals surface area (Å²) in [6.45, 7) is 6.25. The molecule has 0 amide bonds. The van der Waals surface area contributed by atoms with Crippen LogP contribution in [0.3, 0.4) is 0 Å². The number of hydrogen-bond acceptors (Lipinski definition) is 1. The fraction of sp³-hybridized carbons (Fsp3) is 0.923. The predicted molar refractivity (Wildman–Crippen MR) is 60.6 cm³/mol. The molecule has 0 aromatic carbocycles. The van der Waals surface area contributed by atoms with E-state index in [1.165, 1.54) is 0 Å². The Bertz CT molecular complexity index is 227. The van der Waals surface area contributed by atoms with E-state index in [9.17, 15) is 9.18 Å². The maximum Gasteiger partial charge on any atom is 0.144 e. The van der Waals surface area contributed by atoms with E-state index < -0.39 is 6.17 Å². The topological polar surface area (TPSA) is 17.1 Å². The van der Waals surface area contributed by atoms with Gasteiger partial charge in [0.1, 0.15) is 12.0 Å². The third-order valence-electron chi connectivity index (χ3n) is 3.53. The fourth-order valence-electron chi connectivity index (χ4n) is 2.37. The van der Waals surface area contributed by atoms with Gasteiger partial charge in [-0.3, -0.25) is 4.79 Å². The summed E-state index contributed by atoms with van der Waals surface area (Å²) in [5.41, 5.74) is -0.254. The molecule has 2 heteroatoms. The van der Waals surface area contributed by atoms with Gasteiger partial charge in [0.05, 0.1) is 5.92 Å². The lowest BCUT2D eigenvalue weighted by molar-refractivity contribution is -0.130. The molecule has 1 saturated carbocycles. The number of rotatable bonds is 7. The SMILES string of the molecule is CCCCC(C)(CCC)C(=O)[C@@H]1C[C@H]1F. The molecule has 1 aliphatic carbocycles. The first-order chi connectivity index (χ1) is 7.05. The van der Waals surface area contributed by atoms with Crippen LogP contribution in [-0.4, -0.2) is 12.0 Å². The second kappa shape index (κ2) is 5.09. The first-order valence-corrected chi connectivity index (χ1v) is 6.23. The van der Waals surface area contributed by atoms with Gasteiger partial charge in [-0.25, -0.2) is 4.39 Å². The van der Waals surface area contributed by atoms with Gasteiger partial charge in [-0.1, -0.05) is 40.0 Å². The highest BCUT2D eigenvalue weighted by atomic mass is 19.1. The number of unbranched alkanes of at least 4 members (excludes halogenated alkanes) is 1. The zero-order valence-corrected chi connectivity index (χ0v) is 10.2. The second-order valence-corrected chi connectivity index (χ2v) is 5.14. The van der Waals surface area contributed by atoms with Crippen molar-refractivity contribution in [3.8, 4) is 0 Å². The van der Waals surface area contributed by atoms with Gasteiger partial charge in [0, 0.05) is 5.41 Å². The van der Waals surface area contributed by atoms with Gasteiger partial charge in [0.25, 0.3) is 0 Å². The predicted octanol–water partition coefficient (Wildman–Crippen LogP) is 3.91. The van der Waals surface area contributed by atoms with Gasteiger partial charge in [-0.05, 0) is 19.3 Å². The molecule has 0 saturated heterocycles. The van der Waals surface area contributed by atoms with Crippen molar-refractivity contribution in [1.82, 2.24) is 0 Å². The van der Waals surface area contributed by atoms with Crippen LogP contribution in [0.4, 0.5) is 4.39 Å². The molecule has 3 atom stereocenters. The normalized spacial score (nSPS) is 28.5. The second-order valence-electron chi connectivity index (χ2n) is 5.14. The molecule has 15 heavy (non-hydrogen) atoms. The number of carbonyl (C=O) groups is 1. The Hall–Kier alpha value is -0.400. The summed E-state index contributed by atoms with van der Waals surface area (Å²) < 4.78 is 12.9. The van der Waals surface area contributed by atoms with Crippen molar-refractivity contribution < 1.29 is 9.18 Å². The zero-order valence-electron chi connectivity index (χ0n) is 10.2. The van der Waals surface area contributed by atoms with Crippen molar-refractivity contribution in [2.75, 3.05) is 0 Å². The van der Waals surface area contributed by atoms with E-state index >= 15 is 0 Å². The highest BCUT2D eigenvalue weighted by Gasteiger charge is 2.49. The Morgan fingerprint density at radius 2 is 1.93 bits per heavy atom. The van der Waals surface area contributed by atoms with E-state index in [2.05, 4.69) is 13.8 Å². The van der Waals surface area contributed by atoms with E-state index in [0.29, 0.717) is 6.42 Å². The van der Waals surface area contributed by atoms with Crippen LogP contribution in [0, 0.1) is 11.3 Å². The van der Waals surface area contributed by atoms with Crippen LogP contribution in [0.15, 0.2) is 0 Å². The molecular formula is C13H23FO. The maximum absolute atomic E-state index is 12.9. The van der Waals surface area contributed by atoms with Crippen LogP contribution >= 0.6 is 0 Å². The molecule has 0 aromatic heterocycles. The summed E-state index contributed by atoms with van der Waals surface area (Å²) in [6, 6.07) is 0. The number of ketones is 1. The lowest BCUT2D eigenvalue weighted by Crippen LogP contribution is -2.30. The van der Waals surface area contributed by atoms with Gasteiger partial charge >= 0.3 is 0 Å². The Kier molecular flexibility index (Phi) is 4.30. The molecule has 0 spiro atoms.